The number of rotatable bonds is 2. The molecule has 2 fully saturated rings. The number of benzene rings is 1. The molecule has 2 atom stereocenters. The van der Waals surface area contributed by atoms with Crippen LogP contribution in [0, 0.1) is 0 Å². The summed E-state index contributed by atoms with van der Waals surface area (Å²) < 4.78 is 0. The molecule has 0 saturated heterocycles. The summed E-state index contributed by atoms with van der Waals surface area (Å²) in [5.74, 6) is 1.54. The van der Waals surface area contributed by atoms with E-state index in [1.165, 1.54) is 30.4 Å². The quantitative estimate of drug-likeness (QED) is 0.730. The molecule has 0 heterocycles. The molecule has 0 spiro atoms. The molecular weight excluding hydrogens is 158 g/mol. The topological polar surface area (TPSA) is 26.0 Å². The lowest BCUT2D eigenvalue weighted by Gasteiger charge is -2.01. The molecule has 1 aromatic carbocycles. The molecule has 68 valence electrons. The zero-order valence-corrected chi connectivity index (χ0v) is 7.74. The van der Waals surface area contributed by atoms with E-state index >= 15 is 0 Å². The minimum atomic E-state index is 0.437. The summed E-state index contributed by atoms with van der Waals surface area (Å²) in [4.78, 5) is 0. The van der Waals surface area contributed by atoms with Crippen LogP contribution in [0.2, 0.25) is 0 Å². The molecule has 1 nitrogen and oxygen atoms in total. The van der Waals surface area contributed by atoms with E-state index in [0.29, 0.717) is 12.0 Å². The Morgan fingerprint density at radius 3 is 2.00 bits per heavy atom. The number of nitrogens with two attached hydrogens (primary N) is 1. The predicted octanol–water partition coefficient (Wildman–Crippen LogP) is 2.38. The van der Waals surface area contributed by atoms with Gasteiger partial charge < -0.3 is 5.73 Å². The Balaban J connectivity index is 1.81. The molecule has 2 saturated carbocycles. The standard InChI is InChI=1S/C12H15N/c13-12-7-11(12)10-5-3-9(4-6-10)8-1-2-8/h3-6,8,11-12H,1-2,7,13H2. The molecule has 2 aliphatic carbocycles. The first kappa shape index (κ1) is 7.57. The van der Waals surface area contributed by atoms with Crippen LogP contribution in [-0.2, 0) is 0 Å². The highest BCUT2D eigenvalue weighted by Gasteiger charge is 2.34. The third kappa shape index (κ3) is 1.37. The van der Waals surface area contributed by atoms with Crippen LogP contribution in [0.15, 0.2) is 24.3 Å². The third-order valence-corrected chi connectivity index (χ3v) is 3.25. The van der Waals surface area contributed by atoms with Gasteiger partial charge >= 0.3 is 0 Å². The van der Waals surface area contributed by atoms with Crippen LogP contribution in [0.1, 0.15) is 42.2 Å². The minimum Gasteiger partial charge on any atom is -0.327 e. The molecule has 0 aromatic heterocycles. The van der Waals surface area contributed by atoms with Gasteiger partial charge in [0.25, 0.3) is 0 Å². The second-order valence-electron chi connectivity index (χ2n) is 4.45. The van der Waals surface area contributed by atoms with Crippen LogP contribution in [0.25, 0.3) is 0 Å². The Bertz CT molecular complexity index is 310. The summed E-state index contributed by atoms with van der Waals surface area (Å²) in [5.41, 5.74) is 8.78. The summed E-state index contributed by atoms with van der Waals surface area (Å²) >= 11 is 0. The Hall–Kier alpha value is -0.820. The van der Waals surface area contributed by atoms with Gasteiger partial charge in [-0.3, -0.25) is 0 Å². The van der Waals surface area contributed by atoms with Crippen LogP contribution in [0.4, 0.5) is 0 Å². The molecule has 2 unspecified atom stereocenters. The lowest BCUT2D eigenvalue weighted by Crippen LogP contribution is -2.00. The number of hydrogen-bond donors (Lipinski definition) is 1. The molecule has 2 aliphatic rings. The van der Waals surface area contributed by atoms with Crippen molar-refractivity contribution in [2.75, 3.05) is 0 Å². The Morgan fingerprint density at radius 1 is 1.00 bits per heavy atom. The van der Waals surface area contributed by atoms with E-state index in [9.17, 15) is 0 Å². The monoisotopic (exact) mass is 173 g/mol. The van der Waals surface area contributed by atoms with Gasteiger partial charge in [-0.2, -0.15) is 0 Å². The van der Waals surface area contributed by atoms with E-state index in [2.05, 4.69) is 24.3 Å². The fourth-order valence-corrected chi connectivity index (χ4v) is 2.03. The predicted molar refractivity (Wildman–Crippen MR) is 53.8 cm³/mol. The molecule has 3 rings (SSSR count). The molecular formula is C12H15N. The summed E-state index contributed by atoms with van der Waals surface area (Å²) in [7, 11) is 0. The highest BCUT2D eigenvalue weighted by Crippen LogP contribution is 2.42. The zero-order chi connectivity index (χ0) is 8.84. The molecule has 0 amide bonds. The molecule has 13 heavy (non-hydrogen) atoms. The SMILES string of the molecule is NC1CC1c1ccc(C2CC2)cc1. The van der Waals surface area contributed by atoms with Crippen LogP contribution < -0.4 is 5.73 Å². The van der Waals surface area contributed by atoms with Crippen LogP contribution in [0.5, 0.6) is 0 Å². The van der Waals surface area contributed by atoms with Crippen LogP contribution in [0.3, 0.4) is 0 Å². The van der Waals surface area contributed by atoms with Crippen LogP contribution >= 0.6 is 0 Å². The second kappa shape index (κ2) is 2.58. The molecule has 1 heteroatoms. The third-order valence-electron chi connectivity index (χ3n) is 3.25. The van der Waals surface area contributed by atoms with Gasteiger partial charge in [0.05, 0.1) is 0 Å². The molecule has 1 aromatic rings. The van der Waals surface area contributed by atoms with Gasteiger partial charge in [-0.05, 0) is 36.3 Å². The average Bonchev–Trinajstić information content (AvgIpc) is 2.98. The maximum absolute atomic E-state index is 5.81. The van der Waals surface area contributed by atoms with Crippen molar-refractivity contribution in [2.45, 2.75) is 37.1 Å². The van der Waals surface area contributed by atoms with Crippen molar-refractivity contribution in [3.63, 3.8) is 0 Å². The maximum Gasteiger partial charge on any atom is 0.0115 e. The highest BCUT2D eigenvalue weighted by molar-refractivity contribution is 5.33. The van der Waals surface area contributed by atoms with Crippen molar-refractivity contribution in [2.24, 2.45) is 5.73 Å². The van der Waals surface area contributed by atoms with Gasteiger partial charge in [0.2, 0.25) is 0 Å². The van der Waals surface area contributed by atoms with E-state index in [1.54, 1.807) is 0 Å². The smallest absolute Gasteiger partial charge is 0.0115 e. The second-order valence-corrected chi connectivity index (χ2v) is 4.45. The summed E-state index contributed by atoms with van der Waals surface area (Å²) in [6, 6.07) is 9.55. The van der Waals surface area contributed by atoms with E-state index in [0.717, 1.165) is 5.92 Å². The van der Waals surface area contributed by atoms with Crippen molar-refractivity contribution < 1.29 is 0 Å². The lowest BCUT2D eigenvalue weighted by molar-refractivity contribution is 0.986. The van der Waals surface area contributed by atoms with Gasteiger partial charge in [-0.15, -0.1) is 0 Å². The molecule has 0 bridgehead atoms. The Morgan fingerprint density at radius 2 is 1.54 bits per heavy atom. The molecule has 0 aliphatic heterocycles. The van der Waals surface area contributed by atoms with E-state index in [-0.39, 0.29) is 0 Å². The number of hydrogen-bond acceptors (Lipinski definition) is 1. The first-order valence-corrected chi connectivity index (χ1v) is 5.20. The van der Waals surface area contributed by atoms with E-state index in [4.69, 9.17) is 5.73 Å². The van der Waals surface area contributed by atoms with E-state index in [1.807, 2.05) is 0 Å². The van der Waals surface area contributed by atoms with Crippen molar-refractivity contribution in [1.29, 1.82) is 0 Å². The normalized spacial score (nSPS) is 31.8. The first-order valence-electron chi connectivity index (χ1n) is 5.20. The van der Waals surface area contributed by atoms with Crippen LogP contribution in [-0.4, -0.2) is 6.04 Å². The Labute approximate surface area is 78.9 Å². The summed E-state index contributed by atoms with van der Waals surface area (Å²) in [6.07, 6.45) is 3.97. The summed E-state index contributed by atoms with van der Waals surface area (Å²) in [6.45, 7) is 0. The van der Waals surface area contributed by atoms with Crippen molar-refractivity contribution in [3.05, 3.63) is 35.4 Å². The first-order chi connectivity index (χ1) is 6.34. The largest absolute Gasteiger partial charge is 0.327 e. The minimum absolute atomic E-state index is 0.437. The van der Waals surface area contributed by atoms with Crippen molar-refractivity contribution >= 4 is 0 Å². The fourth-order valence-electron chi connectivity index (χ4n) is 2.03. The average molecular weight is 173 g/mol. The molecule has 2 N–H and O–H groups in total. The van der Waals surface area contributed by atoms with Gasteiger partial charge in [0.1, 0.15) is 0 Å². The molecule has 0 radical (unpaired) electrons. The highest BCUT2D eigenvalue weighted by atomic mass is 14.7. The summed E-state index contributed by atoms with van der Waals surface area (Å²) in [5, 5.41) is 0. The van der Waals surface area contributed by atoms with Crippen molar-refractivity contribution in [1.82, 2.24) is 0 Å². The fraction of sp³-hybridized carbons (Fsp3) is 0.500. The zero-order valence-electron chi connectivity index (χ0n) is 7.74. The van der Waals surface area contributed by atoms with Crippen molar-refractivity contribution in [3.8, 4) is 0 Å². The maximum atomic E-state index is 5.81. The van der Waals surface area contributed by atoms with Gasteiger partial charge in [0, 0.05) is 12.0 Å². The van der Waals surface area contributed by atoms with Gasteiger partial charge in [0.15, 0.2) is 0 Å². The van der Waals surface area contributed by atoms with Gasteiger partial charge in [-0.25, -0.2) is 0 Å². The van der Waals surface area contributed by atoms with Gasteiger partial charge in [-0.1, -0.05) is 24.3 Å². The van der Waals surface area contributed by atoms with E-state index < -0.39 is 0 Å². The Kier molecular flexibility index (Phi) is 1.50. The lowest BCUT2D eigenvalue weighted by atomic mass is 10.1.